The molecule has 0 rings (SSSR count). The van der Waals surface area contributed by atoms with Crippen LogP contribution in [0, 0.1) is 0 Å². The average Bonchev–Trinajstić information content (AvgIpc) is 3.05. The molecular weight excluding hydrogens is 584 g/mol. The van der Waals surface area contributed by atoms with Crippen molar-refractivity contribution in [1.29, 1.82) is 0 Å². The van der Waals surface area contributed by atoms with Crippen LogP contribution in [0.2, 0.25) is 0 Å². The van der Waals surface area contributed by atoms with Crippen molar-refractivity contribution in [3.63, 3.8) is 0 Å². The number of esters is 2. The minimum Gasteiger partial charge on any atom is -0.462 e. The quantitative estimate of drug-likeness (QED) is 0.0479. The largest absolute Gasteiger partial charge is 0.462 e. The van der Waals surface area contributed by atoms with Crippen LogP contribution in [0.4, 0.5) is 0 Å². The Labute approximate surface area is 283 Å². The first-order chi connectivity index (χ1) is 22.6. The molecule has 46 heavy (non-hydrogen) atoms. The van der Waals surface area contributed by atoms with Crippen molar-refractivity contribution in [3.8, 4) is 0 Å². The molecule has 0 heterocycles. The van der Waals surface area contributed by atoms with E-state index in [0.29, 0.717) is 52.5 Å². The molecule has 0 aliphatic carbocycles. The zero-order valence-corrected chi connectivity index (χ0v) is 30.5. The Bertz CT molecular complexity index is 630. The Morgan fingerprint density at radius 3 is 1.24 bits per heavy atom. The molecule has 0 amide bonds. The van der Waals surface area contributed by atoms with Gasteiger partial charge in [0.25, 0.3) is 0 Å². The number of methoxy groups -OCH3 is 1. The first-order valence-electron chi connectivity index (χ1n) is 19.2. The topological polar surface area (TPSA) is 89.5 Å². The molecule has 0 saturated carbocycles. The fourth-order valence-corrected chi connectivity index (χ4v) is 5.28. The lowest BCUT2D eigenvalue weighted by Crippen LogP contribution is -2.30. The third-order valence-corrected chi connectivity index (χ3v) is 8.18. The lowest BCUT2D eigenvalue weighted by atomic mass is 10.1. The zero-order chi connectivity index (χ0) is 33.6. The van der Waals surface area contributed by atoms with E-state index in [1.54, 1.807) is 7.11 Å². The second kappa shape index (κ2) is 38.2. The van der Waals surface area contributed by atoms with Gasteiger partial charge in [-0.1, -0.05) is 142 Å². The van der Waals surface area contributed by atoms with Crippen LogP contribution in [0.1, 0.15) is 168 Å². The van der Waals surface area contributed by atoms with Crippen molar-refractivity contribution in [2.75, 3.05) is 60.0 Å². The van der Waals surface area contributed by atoms with Crippen molar-refractivity contribution in [2.45, 2.75) is 174 Å². The molecule has 0 fully saturated rings. The van der Waals surface area contributed by atoms with Gasteiger partial charge in [0.05, 0.1) is 46.2 Å². The number of rotatable bonds is 38. The van der Waals surface area contributed by atoms with E-state index in [-0.39, 0.29) is 25.2 Å². The number of carbonyl (C=O) groups is 2. The number of hydrogen-bond acceptors (Lipinski definition) is 8. The van der Waals surface area contributed by atoms with Crippen LogP contribution in [-0.4, -0.2) is 78.0 Å². The van der Waals surface area contributed by atoms with Gasteiger partial charge in [0.1, 0.15) is 6.61 Å². The number of ether oxygens (including phenoxy) is 6. The van der Waals surface area contributed by atoms with Gasteiger partial charge in [-0.2, -0.15) is 0 Å². The fourth-order valence-electron chi connectivity index (χ4n) is 5.28. The van der Waals surface area contributed by atoms with Crippen LogP contribution in [0.25, 0.3) is 0 Å². The third kappa shape index (κ3) is 35.6. The molecule has 0 spiro atoms. The predicted molar refractivity (Wildman–Crippen MR) is 187 cm³/mol. The molecule has 8 heteroatoms. The first-order valence-corrected chi connectivity index (χ1v) is 19.2. The highest BCUT2D eigenvalue weighted by Gasteiger charge is 2.17. The minimum atomic E-state index is -0.612. The van der Waals surface area contributed by atoms with E-state index in [9.17, 15) is 9.59 Å². The van der Waals surface area contributed by atoms with Gasteiger partial charge in [-0.15, -0.1) is 0 Å². The van der Waals surface area contributed by atoms with Crippen molar-refractivity contribution < 1.29 is 38.0 Å². The maximum atomic E-state index is 12.6. The Morgan fingerprint density at radius 1 is 0.435 bits per heavy atom. The SMILES string of the molecule is CCCCCCCCCCCCCC(=O)OCC(COCCOCCOCCOC)OC(=O)CCCCCCCCCCCCC. The molecule has 0 aromatic carbocycles. The minimum absolute atomic E-state index is 0.0229. The van der Waals surface area contributed by atoms with E-state index in [2.05, 4.69) is 13.8 Å². The molecule has 0 saturated heterocycles. The summed E-state index contributed by atoms with van der Waals surface area (Å²) in [6, 6.07) is 0. The van der Waals surface area contributed by atoms with Gasteiger partial charge in [0, 0.05) is 20.0 Å². The van der Waals surface area contributed by atoms with Crippen LogP contribution in [0.15, 0.2) is 0 Å². The van der Waals surface area contributed by atoms with Crippen LogP contribution in [0.5, 0.6) is 0 Å². The van der Waals surface area contributed by atoms with E-state index in [0.717, 1.165) is 38.5 Å². The lowest BCUT2D eigenvalue weighted by molar-refractivity contribution is -0.163. The second-order valence-electron chi connectivity index (χ2n) is 12.7. The summed E-state index contributed by atoms with van der Waals surface area (Å²) in [6.45, 7) is 7.54. The van der Waals surface area contributed by atoms with Gasteiger partial charge in [0.2, 0.25) is 0 Å². The molecule has 0 radical (unpaired) electrons. The summed E-state index contributed by atoms with van der Waals surface area (Å²) >= 11 is 0. The molecule has 0 aliphatic heterocycles. The van der Waals surface area contributed by atoms with Crippen molar-refractivity contribution in [3.05, 3.63) is 0 Å². The Kier molecular flexibility index (Phi) is 37.2. The highest BCUT2D eigenvalue weighted by molar-refractivity contribution is 5.70. The summed E-state index contributed by atoms with van der Waals surface area (Å²) < 4.78 is 32.7. The lowest BCUT2D eigenvalue weighted by Gasteiger charge is -2.18. The highest BCUT2D eigenvalue weighted by Crippen LogP contribution is 2.14. The van der Waals surface area contributed by atoms with Crippen LogP contribution in [-0.2, 0) is 38.0 Å². The van der Waals surface area contributed by atoms with Gasteiger partial charge in [0.15, 0.2) is 6.10 Å². The van der Waals surface area contributed by atoms with Crippen LogP contribution >= 0.6 is 0 Å². The summed E-state index contributed by atoms with van der Waals surface area (Å²) in [5.74, 6) is -0.491. The summed E-state index contributed by atoms with van der Waals surface area (Å²) in [5.41, 5.74) is 0. The number of hydrogen-bond donors (Lipinski definition) is 0. The van der Waals surface area contributed by atoms with Crippen molar-refractivity contribution in [1.82, 2.24) is 0 Å². The zero-order valence-electron chi connectivity index (χ0n) is 30.5. The molecule has 274 valence electrons. The molecule has 0 bridgehead atoms. The smallest absolute Gasteiger partial charge is 0.306 e. The van der Waals surface area contributed by atoms with Gasteiger partial charge >= 0.3 is 11.9 Å². The van der Waals surface area contributed by atoms with Gasteiger partial charge in [-0.25, -0.2) is 0 Å². The standard InChI is InChI=1S/C38H74O8/c1-4-6-8-10-12-14-16-18-20-22-24-26-37(39)45-35-36(34-44-33-32-43-31-30-42-29-28-41-3)46-38(40)27-25-23-21-19-17-15-13-11-9-7-5-2/h36H,4-35H2,1-3H3. The van der Waals surface area contributed by atoms with Crippen LogP contribution < -0.4 is 0 Å². The normalized spacial score (nSPS) is 12.0. The monoisotopic (exact) mass is 659 g/mol. The summed E-state index contributed by atoms with van der Waals surface area (Å²) in [6.07, 6.45) is 27.3. The van der Waals surface area contributed by atoms with E-state index in [4.69, 9.17) is 28.4 Å². The predicted octanol–water partition coefficient (Wildman–Crippen LogP) is 9.54. The Balaban J connectivity index is 4.17. The van der Waals surface area contributed by atoms with E-state index in [1.807, 2.05) is 0 Å². The van der Waals surface area contributed by atoms with Gasteiger partial charge in [-0.3, -0.25) is 9.59 Å². The molecule has 0 aliphatic rings. The summed E-state index contributed by atoms with van der Waals surface area (Å²) in [7, 11) is 1.64. The number of unbranched alkanes of at least 4 members (excludes halogenated alkanes) is 20. The molecule has 0 aromatic heterocycles. The second-order valence-corrected chi connectivity index (χ2v) is 12.7. The average molecular weight is 659 g/mol. The molecule has 1 unspecified atom stereocenters. The Hall–Kier alpha value is -1.22. The molecule has 0 N–H and O–H groups in total. The first kappa shape index (κ1) is 44.8. The van der Waals surface area contributed by atoms with Gasteiger partial charge < -0.3 is 28.4 Å². The van der Waals surface area contributed by atoms with E-state index < -0.39 is 6.10 Å². The molecule has 1 atom stereocenters. The molecule has 0 aromatic rings. The molecule has 8 nitrogen and oxygen atoms in total. The van der Waals surface area contributed by atoms with Crippen molar-refractivity contribution in [2.24, 2.45) is 0 Å². The maximum absolute atomic E-state index is 12.6. The summed E-state index contributed by atoms with van der Waals surface area (Å²) in [5, 5.41) is 0. The summed E-state index contributed by atoms with van der Waals surface area (Å²) in [4.78, 5) is 24.9. The number of carbonyl (C=O) groups excluding carboxylic acids is 2. The fraction of sp³-hybridized carbons (Fsp3) is 0.947. The highest BCUT2D eigenvalue weighted by atomic mass is 16.6. The Morgan fingerprint density at radius 2 is 0.804 bits per heavy atom. The van der Waals surface area contributed by atoms with Crippen LogP contribution in [0.3, 0.4) is 0 Å². The van der Waals surface area contributed by atoms with E-state index >= 15 is 0 Å². The molecular formula is C38H74O8. The van der Waals surface area contributed by atoms with Gasteiger partial charge in [-0.05, 0) is 12.8 Å². The maximum Gasteiger partial charge on any atom is 0.306 e. The van der Waals surface area contributed by atoms with E-state index in [1.165, 1.54) is 103 Å². The third-order valence-electron chi connectivity index (χ3n) is 8.18. The van der Waals surface area contributed by atoms with Crippen molar-refractivity contribution >= 4 is 11.9 Å².